The number of nitrogens with one attached hydrogen (secondary N) is 5. The number of rotatable bonds is 13. The van der Waals surface area contributed by atoms with Gasteiger partial charge in [0.05, 0.1) is 60.8 Å². The van der Waals surface area contributed by atoms with E-state index in [9.17, 15) is 28.8 Å². The maximum Gasteiger partial charge on any atom is 0.261 e. The van der Waals surface area contributed by atoms with Gasteiger partial charge in [0.15, 0.2) is 0 Å². The van der Waals surface area contributed by atoms with E-state index >= 15 is 0 Å². The van der Waals surface area contributed by atoms with E-state index in [-0.39, 0.29) is 69.5 Å². The van der Waals surface area contributed by atoms with Crippen molar-refractivity contribution in [3.8, 4) is 0 Å². The Morgan fingerprint density at radius 3 is 1.36 bits per heavy atom. The van der Waals surface area contributed by atoms with Crippen LogP contribution in [0.15, 0.2) is 97.1 Å². The van der Waals surface area contributed by atoms with Gasteiger partial charge in [-0.1, -0.05) is 81.7 Å². The van der Waals surface area contributed by atoms with Gasteiger partial charge in [0.25, 0.3) is 34.8 Å². The molecule has 0 bridgehead atoms. The summed E-state index contributed by atoms with van der Waals surface area (Å²) in [6.45, 7) is 0.473. The van der Waals surface area contributed by atoms with Crippen molar-refractivity contribution < 1.29 is 28.8 Å². The Hall–Kier alpha value is -4.87. The van der Waals surface area contributed by atoms with E-state index in [1.165, 1.54) is 28.7 Å². The van der Waals surface area contributed by atoms with E-state index in [4.69, 9.17) is 86.9 Å². The summed E-state index contributed by atoms with van der Waals surface area (Å²) in [4.78, 5) is 73.1. The van der Waals surface area contributed by atoms with Crippen LogP contribution in [0.5, 0.6) is 0 Å². The molecule has 7 N–H and O–H groups in total. The summed E-state index contributed by atoms with van der Waals surface area (Å²) < 4.78 is 1.08. The molecule has 0 saturated heterocycles. The summed E-state index contributed by atoms with van der Waals surface area (Å²) >= 11 is 43.6. The highest BCUT2D eigenvalue weighted by Gasteiger charge is 2.26. The van der Waals surface area contributed by atoms with Crippen molar-refractivity contribution in [2.45, 2.75) is 50.9 Å². The van der Waals surface area contributed by atoms with Gasteiger partial charge in [-0.25, -0.2) is 0 Å². The molecule has 67 heavy (non-hydrogen) atoms. The van der Waals surface area contributed by atoms with E-state index in [1.807, 2.05) is 0 Å². The molecule has 0 aliphatic heterocycles. The van der Waals surface area contributed by atoms with Crippen molar-refractivity contribution in [1.82, 2.24) is 21.3 Å². The van der Waals surface area contributed by atoms with Crippen molar-refractivity contribution in [3.05, 3.63) is 169 Å². The molecule has 8 rings (SSSR count). The molecule has 0 radical (unpaired) electrons. The quantitative estimate of drug-likeness (QED) is 0.0490. The topological polar surface area (TPSA) is 189 Å². The molecule has 2 heterocycles. The minimum Gasteiger partial charge on any atom is -0.399 e. The molecule has 2 aliphatic rings. The van der Waals surface area contributed by atoms with E-state index in [1.54, 1.807) is 91.0 Å². The first-order valence-corrected chi connectivity index (χ1v) is 24.3. The molecule has 12 nitrogen and oxygen atoms in total. The van der Waals surface area contributed by atoms with Gasteiger partial charge in [-0.15, -0.1) is 22.7 Å². The fourth-order valence-electron chi connectivity index (χ4n) is 5.77. The van der Waals surface area contributed by atoms with Crippen molar-refractivity contribution in [2.24, 2.45) is 0 Å². The Labute approximate surface area is 427 Å². The smallest absolute Gasteiger partial charge is 0.261 e. The first-order valence-electron chi connectivity index (χ1n) is 20.1. The number of nitrogens with two attached hydrogens (primary N) is 1. The van der Waals surface area contributed by atoms with Gasteiger partial charge in [-0.05, 0) is 133 Å². The highest BCUT2D eigenvalue weighted by atomic mass is 35.5. The van der Waals surface area contributed by atoms with Gasteiger partial charge in [0.1, 0.15) is 0 Å². The normalized spacial score (nSPS) is 12.6. The van der Waals surface area contributed by atoms with Crippen LogP contribution in [-0.2, 0) is 13.1 Å². The predicted octanol–water partition coefficient (Wildman–Crippen LogP) is 12.0. The van der Waals surface area contributed by atoms with Crippen molar-refractivity contribution in [3.63, 3.8) is 0 Å². The second kappa shape index (κ2) is 23.9. The molecule has 0 spiro atoms. The number of hydrogen-bond acceptors (Lipinski definition) is 9. The molecule has 2 saturated carbocycles. The summed E-state index contributed by atoms with van der Waals surface area (Å²) in [7, 11) is 0. The molecule has 348 valence electrons. The Morgan fingerprint density at radius 1 is 0.493 bits per heavy atom. The van der Waals surface area contributed by atoms with Gasteiger partial charge in [0.2, 0.25) is 0 Å². The second-order valence-electron chi connectivity index (χ2n) is 14.9. The number of carbonyl (C=O) groups excluding carboxylic acids is 6. The van der Waals surface area contributed by atoms with Crippen LogP contribution in [-0.4, -0.2) is 46.9 Å². The first-order chi connectivity index (χ1) is 31.9. The summed E-state index contributed by atoms with van der Waals surface area (Å²) in [5.41, 5.74) is 9.17. The average molecular weight is 1080 g/mol. The third kappa shape index (κ3) is 15.6. The molecule has 0 atom stereocenters. The molecule has 21 heteroatoms. The van der Waals surface area contributed by atoms with E-state index in [0.29, 0.717) is 57.0 Å². The summed E-state index contributed by atoms with van der Waals surface area (Å²) in [6, 6.07) is 26.5. The minimum atomic E-state index is -0.631. The fraction of sp³-hybridized carbons (Fsp3) is 0.174. The summed E-state index contributed by atoms with van der Waals surface area (Å²) in [5.74, 6) is -1.35. The fourth-order valence-corrected chi connectivity index (χ4v) is 8.71. The Morgan fingerprint density at radius 2 is 0.910 bits per heavy atom. The lowest BCUT2D eigenvalue weighted by atomic mass is 10.1. The van der Waals surface area contributed by atoms with E-state index < -0.39 is 11.1 Å². The van der Waals surface area contributed by atoms with Crippen LogP contribution in [0.2, 0.25) is 28.8 Å². The second-order valence-corrected chi connectivity index (χ2v) is 20.3. The van der Waals surface area contributed by atoms with Crippen molar-refractivity contribution in [1.29, 1.82) is 0 Å². The number of carbonyl (C=O) groups is 6. The van der Waals surface area contributed by atoms with Crippen LogP contribution in [0.3, 0.4) is 0 Å². The van der Waals surface area contributed by atoms with Gasteiger partial charge < -0.3 is 32.3 Å². The molecule has 6 aromatic rings. The lowest BCUT2D eigenvalue weighted by Gasteiger charge is -2.12. The van der Waals surface area contributed by atoms with Crippen molar-refractivity contribution in [2.75, 3.05) is 11.1 Å². The van der Waals surface area contributed by atoms with Gasteiger partial charge in [-0.3, -0.25) is 28.8 Å². The van der Waals surface area contributed by atoms with Gasteiger partial charge >= 0.3 is 0 Å². The van der Waals surface area contributed by atoms with Crippen LogP contribution in [0.25, 0.3) is 0 Å². The maximum atomic E-state index is 12.9. The summed E-state index contributed by atoms with van der Waals surface area (Å²) in [6.07, 6.45) is 4.03. The molecule has 2 aliphatic carbocycles. The Bertz CT molecular complexity index is 2850. The Balaban J connectivity index is 0.000000184. The number of nitrogen functional groups attached to an aromatic ring is 1. The lowest BCUT2D eigenvalue weighted by Crippen LogP contribution is -2.25. The number of halogens is 7. The number of benzene rings is 4. The van der Waals surface area contributed by atoms with Crippen LogP contribution < -0.4 is 32.3 Å². The highest BCUT2D eigenvalue weighted by Crippen LogP contribution is 2.28. The highest BCUT2D eigenvalue weighted by molar-refractivity contribution is 7.18. The average Bonchev–Trinajstić information content (AvgIpc) is 4.21. The zero-order valence-corrected chi connectivity index (χ0v) is 41.5. The first kappa shape index (κ1) is 51.5. The number of anilines is 2. The molecule has 0 unspecified atom stereocenters. The molecule has 5 amide bonds. The molecular weight excluding hydrogens is 1040 g/mol. The Kier molecular flexibility index (Phi) is 18.4. The lowest BCUT2D eigenvalue weighted by molar-refractivity contribution is 0.0943. The monoisotopic (exact) mass is 1080 g/mol. The molecule has 4 aromatic carbocycles. The predicted molar refractivity (Wildman–Crippen MR) is 270 cm³/mol. The third-order valence-corrected chi connectivity index (χ3v) is 13.5. The SMILES string of the molecule is Nc1ccc(Cl)c(C(=O)NC2CC2)c1.O=C(NCc1ccc(Cl)c(C(=O)Cl)c1)c1ccc(Cl)s1.O=C(NCc1ccc(Cl)c(C(=O)Nc2ccc(Cl)c(C(=O)NC3CC3)c2)c1)c1ccc(Cl)s1. The van der Waals surface area contributed by atoms with E-state index in [0.717, 1.165) is 31.2 Å². The van der Waals surface area contributed by atoms with Crippen LogP contribution >= 0.6 is 104 Å². The third-order valence-electron chi connectivity index (χ3n) is 9.55. The standard InChI is InChI=1S/C23H18Cl3N3O3S.C13H8Cl3NO2S.C10H11ClN2O/c24-17-5-1-12(11-27-23(32)19-7-8-20(26)33-19)9-15(17)21(30)29-14-4-6-18(25)16(10-14)22(31)28-13-2-3-13;14-9-2-1-7(5-8(9)12(16)18)6-17-13(19)10-3-4-11(15)20-10;11-9-4-1-6(12)5-8(9)10(14)13-7-2-3-7/h1,4-10,13H,2-3,11H2,(H,27,32)(H,28,31)(H,29,30);1-5H,6H2,(H,17,19);1,4-5,7H,2-3,12H2,(H,13,14). The number of hydrogen-bond donors (Lipinski definition) is 6. The molecule has 2 aromatic heterocycles. The zero-order chi connectivity index (χ0) is 48.4. The van der Waals surface area contributed by atoms with Crippen LogP contribution in [0, 0.1) is 0 Å². The largest absolute Gasteiger partial charge is 0.399 e. The minimum absolute atomic E-state index is 0.134. The van der Waals surface area contributed by atoms with Gasteiger partial charge in [0, 0.05) is 36.5 Å². The molecule has 2 fully saturated rings. The van der Waals surface area contributed by atoms with Crippen LogP contribution in [0.1, 0.15) is 97.6 Å². The number of thiophene rings is 2. The molecular formula is C46H37Cl7N6O6S2. The maximum absolute atomic E-state index is 12.9. The van der Waals surface area contributed by atoms with E-state index in [2.05, 4.69) is 26.6 Å². The number of amides is 5. The van der Waals surface area contributed by atoms with Crippen LogP contribution in [0.4, 0.5) is 11.4 Å². The zero-order valence-electron chi connectivity index (χ0n) is 34.6. The van der Waals surface area contributed by atoms with Crippen molar-refractivity contribution >= 4 is 150 Å². The van der Waals surface area contributed by atoms with Gasteiger partial charge in [-0.2, -0.15) is 0 Å². The summed E-state index contributed by atoms with van der Waals surface area (Å²) in [5, 5.41) is 14.7.